The zero-order valence-electron chi connectivity index (χ0n) is 35.5. The summed E-state index contributed by atoms with van der Waals surface area (Å²) in [6.45, 7) is 4.65. The molecule has 302 valence electrons. The number of nitrogens with zero attached hydrogens (tertiary/aromatic N) is 3. The standard InChI is InChI=1S/C60H41N3O/c1-60(2)51-26-10-9-23-49(51)55-48(24-13-27-52(55)60)43-20-12-22-45(36-43)58-61-57(44-21-11-19-42(35-44)39-17-7-4-8-18-39)62-59(63-58)46-33-34-50-54(37-46)64-53-28-14-25-47(56(50)53)41-31-29-40(30-32-41)38-15-5-3-6-16-38/h3-37H,1-2H3. The number of benzene rings is 9. The van der Waals surface area contributed by atoms with Crippen LogP contribution in [0.3, 0.4) is 0 Å². The first-order chi connectivity index (χ1) is 31.5. The molecule has 0 fully saturated rings. The molecule has 11 aromatic rings. The predicted molar refractivity (Wildman–Crippen MR) is 263 cm³/mol. The summed E-state index contributed by atoms with van der Waals surface area (Å²) in [5, 5.41) is 2.13. The highest BCUT2D eigenvalue weighted by Gasteiger charge is 2.36. The van der Waals surface area contributed by atoms with E-state index in [2.05, 4.69) is 208 Å². The molecule has 64 heavy (non-hydrogen) atoms. The SMILES string of the molecule is CC1(C)c2ccccc2-c2c(-c3cccc(-c4nc(-c5cccc(-c6ccccc6)c5)nc(-c5ccc6c(c5)oc5cccc(-c7ccc(-c8ccccc8)cc7)c56)n4)c3)cccc21. The second-order valence-electron chi connectivity index (χ2n) is 17.2. The molecular weight excluding hydrogens is 779 g/mol. The van der Waals surface area contributed by atoms with Gasteiger partial charge in [-0.1, -0.05) is 196 Å². The second kappa shape index (κ2) is 15.0. The van der Waals surface area contributed by atoms with Gasteiger partial charge in [-0.2, -0.15) is 0 Å². The van der Waals surface area contributed by atoms with Crippen LogP contribution >= 0.6 is 0 Å². The fraction of sp³-hybridized carbons (Fsp3) is 0.0500. The van der Waals surface area contributed by atoms with Crippen LogP contribution in [0.2, 0.25) is 0 Å². The predicted octanol–water partition coefficient (Wildman–Crippen LogP) is 15.7. The van der Waals surface area contributed by atoms with Crippen molar-refractivity contribution >= 4 is 21.9 Å². The third-order valence-electron chi connectivity index (χ3n) is 13.0. The van der Waals surface area contributed by atoms with Crippen LogP contribution in [0.15, 0.2) is 217 Å². The molecule has 0 aliphatic heterocycles. The third-order valence-corrected chi connectivity index (χ3v) is 13.0. The van der Waals surface area contributed by atoms with E-state index < -0.39 is 0 Å². The van der Waals surface area contributed by atoms with Gasteiger partial charge in [-0.25, -0.2) is 15.0 Å². The van der Waals surface area contributed by atoms with Crippen molar-refractivity contribution < 1.29 is 4.42 Å². The maximum Gasteiger partial charge on any atom is 0.164 e. The Bertz CT molecular complexity index is 3570. The minimum Gasteiger partial charge on any atom is -0.456 e. The van der Waals surface area contributed by atoms with Crippen molar-refractivity contribution in [1.29, 1.82) is 0 Å². The van der Waals surface area contributed by atoms with Gasteiger partial charge in [0.15, 0.2) is 17.5 Å². The van der Waals surface area contributed by atoms with Crippen molar-refractivity contribution in [1.82, 2.24) is 15.0 Å². The molecule has 2 aromatic heterocycles. The first-order valence-corrected chi connectivity index (χ1v) is 21.8. The molecule has 0 amide bonds. The summed E-state index contributed by atoms with van der Waals surface area (Å²) in [5.41, 5.74) is 18.7. The van der Waals surface area contributed by atoms with Gasteiger partial charge < -0.3 is 4.42 Å². The summed E-state index contributed by atoms with van der Waals surface area (Å²) in [6, 6.07) is 74.9. The molecule has 4 nitrogen and oxygen atoms in total. The van der Waals surface area contributed by atoms with Gasteiger partial charge in [0.1, 0.15) is 11.2 Å². The highest BCUT2D eigenvalue weighted by atomic mass is 16.3. The van der Waals surface area contributed by atoms with E-state index in [0.29, 0.717) is 17.5 Å². The highest BCUT2D eigenvalue weighted by molar-refractivity contribution is 6.13. The fourth-order valence-corrected chi connectivity index (χ4v) is 9.73. The summed E-state index contributed by atoms with van der Waals surface area (Å²) in [4.78, 5) is 15.7. The maximum atomic E-state index is 6.63. The quantitative estimate of drug-likeness (QED) is 0.161. The molecule has 9 aromatic carbocycles. The fourth-order valence-electron chi connectivity index (χ4n) is 9.73. The minimum atomic E-state index is -0.0947. The molecule has 12 rings (SSSR count). The summed E-state index contributed by atoms with van der Waals surface area (Å²) < 4.78 is 6.63. The van der Waals surface area contributed by atoms with E-state index in [1.54, 1.807) is 0 Å². The van der Waals surface area contributed by atoms with E-state index in [1.807, 2.05) is 18.2 Å². The van der Waals surface area contributed by atoms with Crippen molar-refractivity contribution in [2.45, 2.75) is 19.3 Å². The topological polar surface area (TPSA) is 51.8 Å². The zero-order valence-corrected chi connectivity index (χ0v) is 35.5. The van der Waals surface area contributed by atoms with Crippen LogP contribution < -0.4 is 0 Å². The minimum absolute atomic E-state index is 0.0947. The van der Waals surface area contributed by atoms with E-state index in [0.717, 1.165) is 66.4 Å². The van der Waals surface area contributed by atoms with Crippen LogP contribution in [-0.2, 0) is 5.41 Å². The molecule has 0 N–H and O–H groups in total. The van der Waals surface area contributed by atoms with Crippen molar-refractivity contribution in [3.8, 4) is 89.8 Å². The largest absolute Gasteiger partial charge is 0.456 e. The average Bonchev–Trinajstić information content (AvgIpc) is 3.86. The molecule has 1 aliphatic carbocycles. The van der Waals surface area contributed by atoms with Crippen LogP contribution in [0.1, 0.15) is 25.0 Å². The van der Waals surface area contributed by atoms with Crippen molar-refractivity contribution in [3.05, 3.63) is 223 Å². The smallest absolute Gasteiger partial charge is 0.164 e. The van der Waals surface area contributed by atoms with Crippen LogP contribution in [0.5, 0.6) is 0 Å². The number of rotatable bonds is 7. The average molecular weight is 820 g/mol. The Hall–Kier alpha value is -8.21. The lowest BCUT2D eigenvalue weighted by Gasteiger charge is -2.21. The van der Waals surface area contributed by atoms with Gasteiger partial charge in [0.25, 0.3) is 0 Å². The normalized spacial score (nSPS) is 12.7. The molecule has 0 unspecified atom stereocenters. The molecule has 0 radical (unpaired) electrons. The Morgan fingerprint density at radius 3 is 1.52 bits per heavy atom. The molecular formula is C60H41N3O. The number of hydrogen-bond acceptors (Lipinski definition) is 4. The van der Waals surface area contributed by atoms with Crippen LogP contribution in [-0.4, -0.2) is 15.0 Å². The lowest BCUT2D eigenvalue weighted by molar-refractivity contribution is 0.660. The molecule has 0 bridgehead atoms. The molecule has 1 aliphatic rings. The zero-order chi connectivity index (χ0) is 42.8. The van der Waals surface area contributed by atoms with Gasteiger partial charge in [-0.3, -0.25) is 0 Å². The molecule has 0 atom stereocenters. The Morgan fingerprint density at radius 1 is 0.328 bits per heavy atom. The van der Waals surface area contributed by atoms with Gasteiger partial charge in [-0.05, 0) is 97.1 Å². The van der Waals surface area contributed by atoms with Crippen molar-refractivity contribution in [3.63, 3.8) is 0 Å². The number of hydrogen-bond donors (Lipinski definition) is 0. The van der Waals surface area contributed by atoms with Crippen molar-refractivity contribution in [2.24, 2.45) is 0 Å². The molecule has 0 saturated heterocycles. The number of aromatic nitrogens is 3. The van der Waals surface area contributed by atoms with Gasteiger partial charge in [0, 0.05) is 32.9 Å². The van der Waals surface area contributed by atoms with E-state index in [9.17, 15) is 0 Å². The first-order valence-electron chi connectivity index (χ1n) is 21.8. The van der Waals surface area contributed by atoms with Gasteiger partial charge in [0.2, 0.25) is 0 Å². The lowest BCUT2D eigenvalue weighted by Crippen LogP contribution is -2.14. The summed E-state index contributed by atoms with van der Waals surface area (Å²) in [7, 11) is 0. The molecule has 0 spiro atoms. The van der Waals surface area contributed by atoms with E-state index in [1.165, 1.54) is 38.9 Å². The van der Waals surface area contributed by atoms with E-state index >= 15 is 0 Å². The third kappa shape index (κ3) is 6.34. The monoisotopic (exact) mass is 819 g/mol. The van der Waals surface area contributed by atoms with Crippen LogP contribution in [0, 0.1) is 0 Å². The summed E-state index contributed by atoms with van der Waals surface area (Å²) in [5.74, 6) is 1.78. The Morgan fingerprint density at radius 2 is 0.797 bits per heavy atom. The summed E-state index contributed by atoms with van der Waals surface area (Å²) in [6.07, 6.45) is 0. The second-order valence-corrected chi connectivity index (χ2v) is 17.2. The Kier molecular flexibility index (Phi) is 8.80. The number of furan rings is 1. The van der Waals surface area contributed by atoms with Crippen LogP contribution in [0.4, 0.5) is 0 Å². The molecule has 4 heteroatoms. The highest BCUT2D eigenvalue weighted by Crippen LogP contribution is 2.52. The Labute approximate surface area is 372 Å². The van der Waals surface area contributed by atoms with Gasteiger partial charge in [-0.15, -0.1) is 0 Å². The Balaban J connectivity index is 0.986. The maximum absolute atomic E-state index is 6.63. The van der Waals surface area contributed by atoms with E-state index in [4.69, 9.17) is 19.4 Å². The molecule has 0 saturated carbocycles. The lowest BCUT2D eigenvalue weighted by atomic mass is 9.82. The van der Waals surface area contributed by atoms with E-state index in [-0.39, 0.29) is 5.41 Å². The van der Waals surface area contributed by atoms with Crippen molar-refractivity contribution in [2.75, 3.05) is 0 Å². The number of fused-ring (bicyclic) bond motifs is 6. The van der Waals surface area contributed by atoms with Gasteiger partial charge >= 0.3 is 0 Å². The van der Waals surface area contributed by atoms with Crippen LogP contribution in [0.25, 0.3) is 112 Å². The first kappa shape index (κ1) is 37.5. The summed E-state index contributed by atoms with van der Waals surface area (Å²) >= 11 is 0. The van der Waals surface area contributed by atoms with Gasteiger partial charge in [0.05, 0.1) is 0 Å². The molecule has 2 heterocycles.